The molecule has 25 heavy (non-hydrogen) atoms. The molecule has 0 aliphatic heterocycles. The third-order valence-electron chi connectivity index (χ3n) is 4.59. The van der Waals surface area contributed by atoms with Crippen molar-refractivity contribution in [3.05, 3.63) is 82.2 Å². The van der Waals surface area contributed by atoms with E-state index in [0.29, 0.717) is 17.5 Å². The summed E-state index contributed by atoms with van der Waals surface area (Å²) in [5, 5.41) is 2.57. The van der Waals surface area contributed by atoms with Crippen LogP contribution in [0.4, 0.5) is 4.39 Å². The summed E-state index contributed by atoms with van der Waals surface area (Å²) in [5.41, 5.74) is 8.16. The van der Waals surface area contributed by atoms with Crippen LogP contribution in [0.1, 0.15) is 11.1 Å². The Balaban J connectivity index is 1.88. The highest BCUT2D eigenvalue weighted by Gasteiger charge is 2.11. The summed E-state index contributed by atoms with van der Waals surface area (Å²) in [6.07, 6.45) is 4.43. The first-order valence-corrected chi connectivity index (χ1v) is 8.24. The van der Waals surface area contributed by atoms with Crippen LogP contribution in [0.15, 0.2) is 59.7 Å². The number of fused-ring (bicyclic) bond motifs is 3. The minimum absolute atomic E-state index is 0.123. The summed E-state index contributed by atoms with van der Waals surface area (Å²) in [5.74, 6) is -0.305. The van der Waals surface area contributed by atoms with Crippen LogP contribution in [-0.2, 0) is 13.0 Å². The fourth-order valence-corrected chi connectivity index (χ4v) is 3.36. The lowest BCUT2D eigenvalue weighted by Crippen LogP contribution is -2.20. The number of H-pyrrole nitrogens is 1. The Morgan fingerprint density at radius 2 is 1.88 bits per heavy atom. The number of benzene rings is 2. The van der Waals surface area contributed by atoms with Crippen LogP contribution < -0.4 is 11.3 Å². The number of hydrogen-bond acceptors (Lipinski definition) is 2. The van der Waals surface area contributed by atoms with Crippen molar-refractivity contribution in [2.24, 2.45) is 5.73 Å². The molecule has 5 heteroatoms. The van der Waals surface area contributed by atoms with Crippen molar-refractivity contribution in [2.75, 3.05) is 6.54 Å². The number of pyridine rings is 1. The molecule has 0 unspecified atom stereocenters. The SMILES string of the molecule is NCCc1c[nH]c2ccc3c(=O)n(Cc4ccccc4F)ccc3c12. The monoisotopic (exact) mass is 335 g/mol. The molecule has 2 heterocycles. The molecule has 0 radical (unpaired) electrons. The van der Waals surface area contributed by atoms with Crippen LogP contribution in [0.25, 0.3) is 21.7 Å². The Labute approximate surface area is 143 Å². The quantitative estimate of drug-likeness (QED) is 0.602. The van der Waals surface area contributed by atoms with Crippen molar-refractivity contribution >= 4 is 21.7 Å². The number of nitrogens with zero attached hydrogens (tertiary/aromatic N) is 1. The molecular formula is C20H18FN3O. The number of aromatic amines is 1. The van der Waals surface area contributed by atoms with Gasteiger partial charge in [-0.3, -0.25) is 4.79 Å². The van der Waals surface area contributed by atoms with E-state index in [4.69, 9.17) is 5.73 Å². The average molecular weight is 335 g/mol. The van der Waals surface area contributed by atoms with E-state index in [9.17, 15) is 9.18 Å². The Bertz CT molecular complexity index is 1130. The van der Waals surface area contributed by atoms with Crippen molar-refractivity contribution in [3.8, 4) is 0 Å². The summed E-state index contributed by atoms with van der Waals surface area (Å²) >= 11 is 0. The Morgan fingerprint density at radius 1 is 1.04 bits per heavy atom. The first-order valence-electron chi connectivity index (χ1n) is 8.24. The number of hydrogen-bond donors (Lipinski definition) is 2. The van der Waals surface area contributed by atoms with Crippen LogP contribution in [0.3, 0.4) is 0 Å². The molecular weight excluding hydrogens is 317 g/mol. The Kier molecular flexibility index (Phi) is 3.86. The predicted molar refractivity (Wildman–Crippen MR) is 98.3 cm³/mol. The molecule has 0 aliphatic rings. The summed E-state index contributed by atoms with van der Waals surface area (Å²) in [4.78, 5) is 16.1. The van der Waals surface area contributed by atoms with Gasteiger partial charge in [-0.25, -0.2) is 4.39 Å². The molecule has 0 aliphatic carbocycles. The molecule has 0 spiro atoms. The summed E-state index contributed by atoms with van der Waals surface area (Å²) in [6, 6.07) is 12.2. The summed E-state index contributed by atoms with van der Waals surface area (Å²) in [7, 11) is 0. The number of nitrogens with two attached hydrogens (primary N) is 1. The van der Waals surface area contributed by atoms with E-state index in [-0.39, 0.29) is 17.9 Å². The summed E-state index contributed by atoms with van der Waals surface area (Å²) < 4.78 is 15.4. The van der Waals surface area contributed by atoms with E-state index in [2.05, 4.69) is 4.98 Å². The molecule has 4 aromatic rings. The first kappa shape index (κ1) is 15.6. The van der Waals surface area contributed by atoms with Gasteiger partial charge < -0.3 is 15.3 Å². The highest BCUT2D eigenvalue weighted by atomic mass is 19.1. The van der Waals surface area contributed by atoms with Gasteiger partial charge in [0.25, 0.3) is 5.56 Å². The van der Waals surface area contributed by atoms with Crippen molar-refractivity contribution in [3.63, 3.8) is 0 Å². The van der Waals surface area contributed by atoms with Crippen LogP contribution in [-0.4, -0.2) is 16.1 Å². The second kappa shape index (κ2) is 6.18. The van der Waals surface area contributed by atoms with E-state index >= 15 is 0 Å². The van der Waals surface area contributed by atoms with E-state index in [1.165, 1.54) is 6.07 Å². The van der Waals surface area contributed by atoms with Gasteiger partial charge in [0.2, 0.25) is 0 Å². The average Bonchev–Trinajstić information content (AvgIpc) is 3.03. The van der Waals surface area contributed by atoms with E-state index in [0.717, 1.165) is 28.3 Å². The van der Waals surface area contributed by atoms with Crippen molar-refractivity contribution in [1.29, 1.82) is 0 Å². The van der Waals surface area contributed by atoms with Gasteiger partial charge in [0.15, 0.2) is 0 Å². The molecule has 4 rings (SSSR count). The molecule has 2 aromatic carbocycles. The zero-order valence-corrected chi connectivity index (χ0v) is 13.6. The van der Waals surface area contributed by atoms with Gasteiger partial charge in [-0.2, -0.15) is 0 Å². The molecule has 0 saturated heterocycles. The topological polar surface area (TPSA) is 63.8 Å². The number of nitrogens with one attached hydrogen (secondary N) is 1. The highest BCUT2D eigenvalue weighted by Crippen LogP contribution is 2.26. The lowest BCUT2D eigenvalue weighted by Gasteiger charge is -2.09. The van der Waals surface area contributed by atoms with Gasteiger partial charge in [0, 0.05) is 34.2 Å². The summed E-state index contributed by atoms with van der Waals surface area (Å²) in [6.45, 7) is 0.760. The van der Waals surface area contributed by atoms with Crippen LogP contribution >= 0.6 is 0 Å². The zero-order chi connectivity index (χ0) is 17.4. The van der Waals surface area contributed by atoms with Crippen molar-refractivity contribution in [1.82, 2.24) is 9.55 Å². The lowest BCUT2D eigenvalue weighted by atomic mass is 10.0. The van der Waals surface area contributed by atoms with Gasteiger partial charge in [0.1, 0.15) is 5.82 Å². The fourth-order valence-electron chi connectivity index (χ4n) is 3.36. The van der Waals surface area contributed by atoms with Crippen LogP contribution in [0, 0.1) is 5.82 Å². The molecule has 0 fully saturated rings. The molecule has 0 bridgehead atoms. The fraction of sp³-hybridized carbons (Fsp3) is 0.150. The standard InChI is InChI=1S/C20H18FN3O/c21-17-4-2-1-3-14(17)12-24-10-8-15-16(20(24)25)5-6-18-19(15)13(7-9-22)11-23-18/h1-6,8,10-11,23H,7,9,12,22H2. The lowest BCUT2D eigenvalue weighted by molar-refractivity contribution is 0.597. The van der Waals surface area contributed by atoms with Gasteiger partial charge in [-0.05, 0) is 48.2 Å². The van der Waals surface area contributed by atoms with E-state index in [1.807, 2.05) is 24.4 Å². The van der Waals surface area contributed by atoms with E-state index < -0.39 is 0 Å². The van der Waals surface area contributed by atoms with Gasteiger partial charge >= 0.3 is 0 Å². The predicted octanol–water partition coefficient (Wildman–Crippen LogP) is 3.17. The molecule has 3 N–H and O–H groups in total. The number of aromatic nitrogens is 2. The maximum Gasteiger partial charge on any atom is 0.258 e. The van der Waals surface area contributed by atoms with Gasteiger partial charge in [-0.15, -0.1) is 0 Å². The molecule has 4 nitrogen and oxygen atoms in total. The third-order valence-corrected chi connectivity index (χ3v) is 4.59. The molecule has 126 valence electrons. The van der Waals surface area contributed by atoms with Crippen molar-refractivity contribution in [2.45, 2.75) is 13.0 Å². The zero-order valence-electron chi connectivity index (χ0n) is 13.6. The smallest absolute Gasteiger partial charge is 0.258 e. The van der Waals surface area contributed by atoms with Gasteiger partial charge in [0.05, 0.1) is 6.54 Å². The highest BCUT2D eigenvalue weighted by molar-refractivity contribution is 6.07. The molecule has 0 saturated carbocycles. The molecule has 2 aromatic heterocycles. The molecule has 0 amide bonds. The van der Waals surface area contributed by atoms with E-state index in [1.54, 1.807) is 29.0 Å². The largest absolute Gasteiger partial charge is 0.361 e. The van der Waals surface area contributed by atoms with Crippen molar-refractivity contribution < 1.29 is 4.39 Å². The first-order chi connectivity index (χ1) is 12.2. The minimum atomic E-state index is -0.305. The van der Waals surface area contributed by atoms with Gasteiger partial charge in [-0.1, -0.05) is 18.2 Å². The Morgan fingerprint density at radius 3 is 2.68 bits per heavy atom. The second-order valence-corrected chi connectivity index (χ2v) is 6.14. The second-order valence-electron chi connectivity index (χ2n) is 6.14. The number of rotatable bonds is 4. The normalized spacial score (nSPS) is 11.4. The maximum atomic E-state index is 13.9. The third kappa shape index (κ3) is 2.62. The van der Waals surface area contributed by atoms with Crippen LogP contribution in [0.2, 0.25) is 0 Å². The molecule has 0 atom stereocenters. The Hall–Kier alpha value is -2.92. The maximum absolute atomic E-state index is 13.9. The number of halogens is 1. The minimum Gasteiger partial charge on any atom is -0.361 e. The van der Waals surface area contributed by atoms with Crippen LogP contribution in [0.5, 0.6) is 0 Å².